The van der Waals surface area contributed by atoms with Crippen LogP contribution >= 0.6 is 11.8 Å². The van der Waals surface area contributed by atoms with Crippen molar-refractivity contribution in [3.05, 3.63) is 0 Å². The van der Waals surface area contributed by atoms with Crippen molar-refractivity contribution in [2.24, 2.45) is 0 Å². The van der Waals surface area contributed by atoms with E-state index in [-0.39, 0.29) is 0 Å². The molecule has 1 saturated heterocycles. The monoisotopic (exact) mass is 230 g/mol. The molecule has 1 N–H and O–H groups in total. The SMILES string of the molecule is CCC1CNC(C)CN1CCC(C)SC. The van der Waals surface area contributed by atoms with Crippen molar-refractivity contribution < 1.29 is 0 Å². The summed E-state index contributed by atoms with van der Waals surface area (Å²) in [6.07, 6.45) is 4.81. The summed E-state index contributed by atoms with van der Waals surface area (Å²) in [7, 11) is 0. The van der Waals surface area contributed by atoms with Crippen LogP contribution in [0.1, 0.15) is 33.6 Å². The van der Waals surface area contributed by atoms with Crippen molar-refractivity contribution in [1.82, 2.24) is 10.2 Å². The van der Waals surface area contributed by atoms with Gasteiger partial charge in [-0.05, 0) is 32.6 Å². The van der Waals surface area contributed by atoms with Crippen LogP contribution in [0, 0.1) is 0 Å². The average molecular weight is 230 g/mol. The molecule has 1 rings (SSSR count). The molecule has 3 atom stereocenters. The van der Waals surface area contributed by atoms with Gasteiger partial charge in [-0.1, -0.05) is 13.8 Å². The molecule has 1 fully saturated rings. The standard InChI is InChI=1S/C12H26N2S/c1-5-12-8-13-10(2)9-14(12)7-6-11(3)15-4/h10-13H,5-9H2,1-4H3. The van der Waals surface area contributed by atoms with Crippen LogP contribution in [0.25, 0.3) is 0 Å². The van der Waals surface area contributed by atoms with Gasteiger partial charge in [0.15, 0.2) is 0 Å². The van der Waals surface area contributed by atoms with Crippen molar-refractivity contribution in [3.63, 3.8) is 0 Å². The highest BCUT2D eigenvalue weighted by Crippen LogP contribution is 2.15. The van der Waals surface area contributed by atoms with E-state index in [1.54, 1.807) is 0 Å². The fraction of sp³-hybridized carbons (Fsp3) is 1.00. The zero-order valence-corrected chi connectivity index (χ0v) is 11.4. The lowest BCUT2D eigenvalue weighted by Gasteiger charge is -2.39. The van der Waals surface area contributed by atoms with E-state index in [1.165, 1.54) is 32.5 Å². The van der Waals surface area contributed by atoms with Gasteiger partial charge in [-0.25, -0.2) is 0 Å². The Kier molecular flexibility index (Phi) is 6.02. The second-order valence-electron chi connectivity index (χ2n) is 4.70. The van der Waals surface area contributed by atoms with E-state index in [1.807, 2.05) is 11.8 Å². The molecule has 0 spiro atoms. The van der Waals surface area contributed by atoms with Gasteiger partial charge < -0.3 is 5.32 Å². The Morgan fingerprint density at radius 3 is 2.87 bits per heavy atom. The molecule has 0 amide bonds. The lowest BCUT2D eigenvalue weighted by atomic mass is 10.1. The summed E-state index contributed by atoms with van der Waals surface area (Å²) in [6, 6.07) is 1.42. The number of piperazine rings is 1. The fourth-order valence-corrected chi connectivity index (χ4v) is 2.51. The summed E-state index contributed by atoms with van der Waals surface area (Å²) >= 11 is 1.98. The Morgan fingerprint density at radius 2 is 2.27 bits per heavy atom. The molecular formula is C12H26N2S. The molecule has 3 unspecified atom stereocenters. The van der Waals surface area contributed by atoms with Crippen molar-refractivity contribution in [2.75, 3.05) is 25.9 Å². The minimum atomic E-state index is 0.664. The minimum absolute atomic E-state index is 0.664. The van der Waals surface area contributed by atoms with Gasteiger partial charge >= 0.3 is 0 Å². The van der Waals surface area contributed by atoms with Crippen LogP contribution in [0.5, 0.6) is 0 Å². The molecule has 3 heteroatoms. The van der Waals surface area contributed by atoms with Crippen LogP contribution < -0.4 is 5.32 Å². The van der Waals surface area contributed by atoms with Crippen molar-refractivity contribution in [3.8, 4) is 0 Å². The molecule has 0 saturated carbocycles. The van der Waals surface area contributed by atoms with Gasteiger partial charge in [-0.3, -0.25) is 4.90 Å². The van der Waals surface area contributed by atoms with Crippen LogP contribution in [0.2, 0.25) is 0 Å². The second-order valence-corrected chi connectivity index (χ2v) is 5.98. The number of nitrogens with one attached hydrogen (secondary N) is 1. The summed E-state index contributed by atoms with van der Waals surface area (Å²) < 4.78 is 0. The third-order valence-electron chi connectivity index (χ3n) is 3.42. The third kappa shape index (κ3) is 4.33. The van der Waals surface area contributed by atoms with Crippen LogP contribution in [0.15, 0.2) is 0 Å². The fourth-order valence-electron chi connectivity index (χ4n) is 2.17. The Morgan fingerprint density at radius 1 is 1.53 bits per heavy atom. The molecule has 0 aromatic rings. The molecule has 0 aliphatic carbocycles. The number of hydrogen-bond donors (Lipinski definition) is 1. The second kappa shape index (κ2) is 6.77. The van der Waals surface area contributed by atoms with E-state index in [0.29, 0.717) is 6.04 Å². The molecule has 0 radical (unpaired) electrons. The van der Waals surface area contributed by atoms with E-state index in [2.05, 4.69) is 37.2 Å². The van der Waals surface area contributed by atoms with Gasteiger partial charge in [0.1, 0.15) is 0 Å². The van der Waals surface area contributed by atoms with Crippen molar-refractivity contribution >= 4 is 11.8 Å². The van der Waals surface area contributed by atoms with Crippen molar-refractivity contribution in [1.29, 1.82) is 0 Å². The molecule has 90 valence electrons. The zero-order chi connectivity index (χ0) is 11.3. The van der Waals surface area contributed by atoms with Gasteiger partial charge in [-0.2, -0.15) is 11.8 Å². The normalized spacial score (nSPS) is 30.4. The molecule has 0 bridgehead atoms. The molecule has 1 heterocycles. The predicted molar refractivity (Wildman–Crippen MR) is 70.7 cm³/mol. The molecule has 1 aliphatic heterocycles. The van der Waals surface area contributed by atoms with Crippen LogP contribution in [0.4, 0.5) is 0 Å². The summed E-state index contributed by atoms with van der Waals surface area (Å²) in [6.45, 7) is 10.6. The lowest BCUT2D eigenvalue weighted by Crippen LogP contribution is -2.55. The van der Waals surface area contributed by atoms with Crippen LogP contribution in [-0.4, -0.2) is 48.1 Å². The average Bonchev–Trinajstić information content (AvgIpc) is 2.26. The van der Waals surface area contributed by atoms with Gasteiger partial charge in [-0.15, -0.1) is 0 Å². The van der Waals surface area contributed by atoms with Gasteiger partial charge in [0.05, 0.1) is 0 Å². The zero-order valence-electron chi connectivity index (χ0n) is 10.6. The lowest BCUT2D eigenvalue weighted by molar-refractivity contribution is 0.130. The number of thioether (sulfide) groups is 1. The van der Waals surface area contributed by atoms with E-state index in [4.69, 9.17) is 0 Å². The van der Waals surface area contributed by atoms with E-state index in [0.717, 1.165) is 11.3 Å². The quantitative estimate of drug-likeness (QED) is 0.779. The molecule has 15 heavy (non-hydrogen) atoms. The van der Waals surface area contributed by atoms with E-state index < -0.39 is 0 Å². The Labute approximate surface area is 99.2 Å². The largest absolute Gasteiger partial charge is 0.311 e. The first kappa shape index (κ1) is 13.3. The summed E-state index contributed by atoms with van der Waals surface area (Å²) in [5, 5.41) is 4.37. The van der Waals surface area contributed by atoms with E-state index in [9.17, 15) is 0 Å². The summed E-state index contributed by atoms with van der Waals surface area (Å²) in [5.74, 6) is 0. The highest BCUT2D eigenvalue weighted by atomic mass is 32.2. The Hall–Kier alpha value is 0.270. The van der Waals surface area contributed by atoms with Gasteiger partial charge in [0.25, 0.3) is 0 Å². The topological polar surface area (TPSA) is 15.3 Å². The third-order valence-corrected chi connectivity index (χ3v) is 4.46. The molecule has 0 aromatic heterocycles. The highest BCUT2D eigenvalue weighted by molar-refractivity contribution is 7.99. The Bertz CT molecular complexity index is 175. The summed E-state index contributed by atoms with van der Waals surface area (Å²) in [4.78, 5) is 2.67. The smallest absolute Gasteiger partial charge is 0.0218 e. The van der Waals surface area contributed by atoms with Crippen molar-refractivity contribution in [2.45, 2.75) is 50.9 Å². The maximum atomic E-state index is 3.57. The van der Waals surface area contributed by atoms with E-state index >= 15 is 0 Å². The molecule has 1 aliphatic rings. The van der Waals surface area contributed by atoms with Gasteiger partial charge in [0, 0.05) is 30.4 Å². The maximum absolute atomic E-state index is 3.57. The molecule has 0 aromatic carbocycles. The Balaban J connectivity index is 2.34. The first-order valence-corrected chi connectivity index (χ1v) is 7.46. The number of hydrogen-bond acceptors (Lipinski definition) is 3. The number of rotatable bonds is 5. The summed E-state index contributed by atoms with van der Waals surface area (Å²) in [5.41, 5.74) is 0. The first-order valence-electron chi connectivity index (χ1n) is 6.17. The molecule has 2 nitrogen and oxygen atoms in total. The predicted octanol–water partition coefficient (Wildman–Crippen LogP) is 2.20. The van der Waals surface area contributed by atoms with Crippen LogP contribution in [0.3, 0.4) is 0 Å². The minimum Gasteiger partial charge on any atom is -0.311 e. The maximum Gasteiger partial charge on any atom is 0.0218 e. The van der Waals surface area contributed by atoms with Gasteiger partial charge in [0.2, 0.25) is 0 Å². The first-order chi connectivity index (χ1) is 7.17. The number of nitrogens with zero attached hydrogens (tertiary/aromatic N) is 1. The highest BCUT2D eigenvalue weighted by Gasteiger charge is 2.24. The molecular weight excluding hydrogens is 204 g/mol. The van der Waals surface area contributed by atoms with Crippen LogP contribution in [-0.2, 0) is 0 Å².